The van der Waals surface area contributed by atoms with Gasteiger partial charge in [0, 0.05) is 11.9 Å². The Hall–Kier alpha value is -2.56. The van der Waals surface area contributed by atoms with Gasteiger partial charge in [-0.3, -0.25) is 9.59 Å². The number of benzene rings is 2. The molecule has 2 rings (SSSR count). The summed E-state index contributed by atoms with van der Waals surface area (Å²) in [5.74, 6) is -0.829. The molecular formula is C16H17NO4. The minimum Gasteiger partial charge on any atom is -0.506 e. The summed E-state index contributed by atoms with van der Waals surface area (Å²) < 4.78 is 4.77. The lowest BCUT2D eigenvalue weighted by atomic mass is 10.0. The lowest BCUT2D eigenvalue weighted by Gasteiger charge is -2.09. The summed E-state index contributed by atoms with van der Waals surface area (Å²) in [5, 5.41) is 14.2. The number of amides is 1. The number of rotatable bonds is 5. The number of aromatic hydroxyl groups is 1. The van der Waals surface area contributed by atoms with Crippen LogP contribution in [0.4, 0.5) is 0 Å². The van der Waals surface area contributed by atoms with Gasteiger partial charge < -0.3 is 15.2 Å². The van der Waals surface area contributed by atoms with Crippen LogP contribution in [0.2, 0.25) is 0 Å². The minimum atomic E-state index is -0.414. The molecule has 0 saturated carbocycles. The number of carbonyl (C=O) groups excluding carboxylic acids is 2. The summed E-state index contributed by atoms with van der Waals surface area (Å²) in [4.78, 5) is 23.2. The smallest absolute Gasteiger partial charge is 0.307 e. The van der Waals surface area contributed by atoms with Gasteiger partial charge in [0.15, 0.2) is 0 Å². The van der Waals surface area contributed by atoms with Gasteiger partial charge in [0.2, 0.25) is 0 Å². The van der Waals surface area contributed by atoms with Crippen molar-refractivity contribution in [3.05, 3.63) is 42.0 Å². The second kappa shape index (κ2) is 6.74. The molecule has 2 N–H and O–H groups in total. The van der Waals surface area contributed by atoms with Crippen LogP contribution in [-0.2, 0) is 9.53 Å². The van der Waals surface area contributed by atoms with Crippen LogP contribution in [0.3, 0.4) is 0 Å². The third kappa shape index (κ3) is 3.51. The molecule has 0 spiro atoms. The Balaban J connectivity index is 2.06. The maximum Gasteiger partial charge on any atom is 0.307 e. The molecule has 0 aliphatic rings. The molecule has 0 aromatic heterocycles. The van der Waals surface area contributed by atoms with E-state index in [1.54, 1.807) is 31.2 Å². The van der Waals surface area contributed by atoms with Gasteiger partial charge in [-0.2, -0.15) is 0 Å². The number of phenolic OH excluding ortho intramolecular Hbond substituents is 1. The highest BCUT2D eigenvalue weighted by atomic mass is 16.5. The number of ether oxygens (including phenoxy) is 1. The molecule has 110 valence electrons. The van der Waals surface area contributed by atoms with Crippen molar-refractivity contribution in [1.29, 1.82) is 0 Å². The first kappa shape index (κ1) is 14.8. The van der Waals surface area contributed by atoms with Gasteiger partial charge in [-0.05, 0) is 18.4 Å². The summed E-state index contributed by atoms with van der Waals surface area (Å²) in [5.41, 5.74) is 0.192. The van der Waals surface area contributed by atoms with E-state index >= 15 is 0 Å². The fourth-order valence-electron chi connectivity index (χ4n) is 2.04. The average Bonchev–Trinajstić information content (AvgIpc) is 2.48. The van der Waals surface area contributed by atoms with E-state index in [1.165, 1.54) is 0 Å². The van der Waals surface area contributed by atoms with E-state index in [2.05, 4.69) is 5.32 Å². The van der Waals surface area contributed by atoms with Gasteiger partial charge in [0.1, 0.15) is 5.75 Å². The molecule has 0 bridgehead atoms. The monoisotopic (exact) mass is 287 g/mol. The predicted octanol–water partition coefficient (Wildman–Crippen LogP) is 2.23. The quantitative estimate of drug-likeness (QED) is 0.827. The van der Waals surface area contributed by atoms with Crippen LogP contribution in [0.25, 0.3) is 10.8 Å². The first-order valence-electron chi connectivity index (χ1n) is 6.78. The zero-order valence-corrected chi connectivity index (χ0v) is 11.8. The van der Waals surface area contributed by atoms with Crippen molar-refractivity contribution in [2.24, 2.45) is 0 Å². The van der Waals surface area contributed by atoms with Gasteiger partial charge in [0.05, 0.1) is 18.6 Å². The molecule has 0 unspecified atom stereocenters. The first-order chi connectivity index (χ1) is 10.1. The van der Waals surface area contributed by atoms with Gasteiger partial charge >= 0.3 is 5.97 Å². The van der Waals surface area contributed by atoms with Crippen molar-refractivity contribution in [3.63, 3.8) is 0 Å². The Morgan fingerprint density at radius 2 is 1.95 bits per heavy atom. The fraction of sp³-hybridized carbons (Fsp3) is 0.250. The zero-order chi connectivity index (χ0) is 15.2. The molecular weight excluding hydrogens is 270 g/mol. The Bertz CT molecular complexity index is 666. The van der Waals surface area contributed by atoms with Crippen LogP contribution in [-0.4, -0.2) is 30.1 Å². The van der Waals surface area contributed by atoms with Crippen LogP contribution in [0.15, 0.2) is 36.4 Å². The molecule has 5 heteroatoms. The average molecular weight is 287 g/mol. The fourth-order valence-corrected chi connectivity index (χ4v) is 2.04. The number of phenols is 1. The van der Waals surface area contributed by atoms with Crippen molar-refractivity contribution in [2.45, 2.75) is 13.3 Å². The van der Waals surface area contributed by atoms with Gasteiger partial charge in [-0.15, -0.1) is 0 Å². The number of hydrogen-bond donors (Lipinski definition) is 2. The topological polar surface area (TPSA) is 75.6 Å². The molecule has 21 heavy (non-hydrogen) atoms. The number of fused-ring (bicyclic) bond motifs is 1. The summed E-state index contributed by atoms with van der Waals surface area (Å²) in [6, 6.07) is 10.6. The second-order valence-electron chi connectivity index (χ2n) is 4.49. The van der Waals surface area contributed by atoms with E-state index in [1.807, 2.05) is 12.1 Å². The molecule has 0 aliphatic heterocycles. The minimum absolute atomic E-state index is 0.0539. The van der Waals surface area contributed by atoms with Crippen LogP contribution in [0, 0.1) is 0 Å². The SMILES string of the molecule is CCOC(=O)CCNC(=O)c1ccc2ccccc2c1O. The molecule has 2 aromatic rings. The highest BCUT2D eigenvalue weighted by Gasteiger charge is 2.13. The number of carbonyl (C=O) groups is 2. The first-order valence-corrected chi connectivity index (χ1v) is 6.78. The summed E-state index contributed by atoms with van der Waals surface area (Å²) in [7, 11) is 0. The number of hydrogen-bond acceptors (Lipinski definition) is 4. The molecule has 1 amide bonds. The third-order valence-corrected chi connectivity index (χ3v) is 3.07. The Kier molecular flexibility index (Phi) is 4.77. The van der Waals surface area contributed by atoms with Crippen molar-refractivity contribution in [3.8, 4) is 5.75 Å². The van der Waals surface area contributed by atoms with Crippen molar-refractivity contribution < 1.29 is 19.4 Å². The van der Waals surface area contributed by atoms with Crippen LogP contribution >= 0.6 is 0 Å². The summed E-state index contributed by atoms with van der Waals surface area (Å²) in [6.45, 7) is 2.21. The molecule has 0 fully saturated rings. The molecule has 0 saturated heterocycles. The highest BCUT2D eigenvalue weighted by Crippen LogP contribution is 2.28. The zero-order valence-electron chi connectivity index (χ0n) is 11.8. The van der Waals surface area contributed by atoms with Crippen LogP contribution in [0.1, 0.15) is 23.7 Å². The van der Waals surface area contributed by atoms with E-state index in [0.29, 0.717) is 12.0 Å². The van der Waals surface area contributed by atoms with Gasteiger partial charge in [-0.1, -0.05) is 30.3 Å². The van der Waals surface area contributed by atoms with E-state index < -0.39 is 5.91 Å². The lowest BCUT2D eigenvalue weighted by molar-refractivity contribution is -0.142. The maximum absolute atomic E-state index is 12.0. The van der Waals surface area contributed by atoms with Gasteiger partial charge in [-0.25, -0.2) is 0 Å². The van der Waals surface area contributed by atoms with Gasteiger partial charge in [0.25, 0.3) is 5.91 Å². The van der Waals surface area contributed by atoms with E-state index in [4.69, 9.17) is 4.74 Å². The van der Waals surface area contributed by atoms with Crippen LogP contribution < -0.4 is 5.32 Å². The van der Waals surface area contributed by atoms with E-state index in [-0.39, 0.29) is 30.2 Å². The van der Waals surface area contributed by atoms with Crippen molar-refractivity contribution in [1.82, 2.24) is 5.32 Å². The van der Waals surface area contributed by atoms with Crippen molar-refractivity contribution in [2.75, 3.05) is 13.2 Å². The molecule has 5 nitrogen and oxygen atoms in total. The Morgan fingerprint density at radius 1 is 1.19 bits per heavy atom. The van der Waals surface area contributed by atoms with E-state index in [9.17, 15) is 14.7 Å². The Morgan fingerprint density at radius 3 is 2.71 bits per heavy atom. The predicted molar refractivity (Wildman–Crippen MR) is 79.2 cm³/mol. The largest absolute Gasteiger partial charge is 0.506 e. The van der Waals surface area contributed by atoms with Crippen LogP contribution in [0.5, 0.6) is 5.75 Å². The standard InChI is InChI=1S/C16H17NO4/c1-2-21-14(18)9-10-17-16(20)13-8-7-11-5-3-4-6-12(11)15(13)19/h3-8,19H,2,9-10H2,1H3,(H,17,20). The summed E-state index contributed by atoms with van der Waals surface area (Å²) >= 11 is 0. The molecule has 0 atom stereocenters. The molecule has 2 aromatic carbocycles. The molecule has 0 heterocycles. The van der Waals surface area contributed by atoms with E-state index in [0.717, 1.165) is 5.39 Å². The normalized spacial score (nSPS) is 10.3. The summed E-state index contributed by atoms with van der Waals surface area (Å²) in [6.07, 6.45) is 0.105. The Labute approximate surface area is 122 Å². The van der Waals surface area contributed by atoms with Crippen molar-refractivity contribution >= 4 is 22.6 Å². The second-order valence-corrected chi connectivity index (χ2v) is 4.49. The number of nitrogens with one attached hydrogen (secondary N) is 1. The lowest BCUT2D eigenvalue weighted by Crippen LogP contribution is -2.26. The highest BCUT2D eigenvalue weighted by molar-refractivity contribution is 6.03. The third-order valence-electron chi connectivity index (χ3n) is 3.07. The maximum atomic E-state index is 12.0. The molecule has 0 aliphatic carbocycles. The molecule has 0 radical (unpaired) electrons. The number of esters is 1.